The first-order valence-electron chi connectivity index (χ1n) is 6.49. The van der Waals surface area contributed by atoms with Gasteiger partial charge in [0.15, 0.2) is 5.78 Å². The van der Waals surface area contributed by atoms with Gasteiger partial charge in [-0.05, 0) is 6.42 Å². The number of carbonyl (C=O) groups excluding carboxylic acids is 1. The smallest absolute Gasteiger partial charge is 0.161 e. The van der Waals surface area contributed by atoms with Crippen LogP contribution in [0.15, 0.2) is 0 Å². The molecule has 0 heterocycles. The number of hydrogen-bond donors (Lipinski definition) is 1. The van der Waals surface area contributed by atoms with E-state index in [9.17, 15) is 4.79 Å². The van der Waals surface area contributed by atoms with Gasteiger partial charge in [0, 0.05) is 18.5 Å². The largest absolute Gasteiger partial charge is 0.378 e. The Morgan fingerprint density at radius 3 is 2.35 bits per heavy atom. The summed E-state index contributed by atoms with van der Waals surface area (Å²) in [4.78, 5) is 11.4. The Morgan fingerprint density at radius 1 is 1.12 bits per heavy atom. The van der Waals surface area contributed by atoms with Crippen LogP contribution in [0.25, 0.3) is 0 Å². The van der Waals surface area contributed by atoms with Crippen molar-refractivity contribution in [3.8, 4) is 0 Å². The zero-order valence-electron chi connectivity index (χ0n) is 11.6. The first kappa shape index (κ1) is 16.6. The number of ether oxygens (including phenoxy) is 2. The summed E-state index contributed by atoms with van der Waals surface area (Å²) in [5.74, 6) is 0.278. The molecule has 0 aromatic carbocycles. The molecule has 0 radical (unpaired) electrons. The SMILES string of the molecule is CCC(C)C(=O)COCCOCCNC(C)C. The second-order valence-corrected chi connectivity index (χ2v) is 4.55. The highest BCUT2D eigenvalue weighted by atomic mass is 16.5. The highest BCUT2D eigenvalue weighted by Gasteiger charge is 2.09. The van der Waals surface area contributed by atoms with E-state index in [0.717, 1.165) is 13.0 Å². The number of carbonyl (C=O) groups is 1. The van der Waals surface area contributed by atoms with Crippen molar-refractivity contribution >= 4 is 5.78 Å². The van der Waals surface area contributed by atoms with Crippen LogP contribution in [0.3, 0.4) is 0 Å². The molecular formula is C13H27NO3. The molecule has 4 heteroatoms. The predicted octanol–water partition coefficient (Wildman–Crippen LogP) is 1.63. The van der Waals surface area contributed by atoms with Crippen LogP contribution in [0, 0.1) is 5.92 Å². The molecule has 1 N–H and O–H groups in total. The lowest BCUT2D eigenvalue weighted by atomic mass is 10.1. The van der Waals surface area contributed by atoms with Crippen molar-refractivity contribution in [2.75, 3.05) is 33.0 Å². The van der Waals surface area contributed by atoms with Gasteiger partial charge in [-0.15, -0.1) is 0 Å². The van der Waals surface area contributed by atoms with E-state index in [0.29, 0.717) is 25.9 Å². The van der Waals surface area contributed by atoms with Crippen LogP contribution in [0.5, 0.6) is 0 Å². The topological polar surface area (TPSA) is 47.6 Å². The molecule has 0 aliphatic heterocycles. The van der Waals surface area contributed by atoms with Gasteiger partial charge in [0.1, 0.15) is 6.61 Å². The van der Waals surface area contributed by atoms with Gasteiger partial charge < -0.3 is 14.8 Å². The monoisotopic (exact) mass is 245 g/mol. The average Bonchev–Trinajstić information content (AvgIpc) is 2.30. The van der Waals surface area contributed by atoms with Gasteiger partial charge in [0.05, 0.1) is 19.8 Å². The molecule has 0 aliphatic carbocycles. The van der Waals surface area contributed by atoms with Crippen molar-refractivity contribution < 1.29 is 14.3 Å². The van der Waals surface area contributed by atoms with Crippen LogP contribution in [-0.2, 0) is 14.3 Å². The van der Waals surface area contributed by atoms with Gasteiger partial charge in [0.25, 0.3) is 0 Å². The van der Waals surface area contributed by atoms with Crippen molar-refractivity contribution in [1.82, 2.24) is 5.32 Å². The van der Waals surface area contributed by atoms with E-state index >= 15 is 0 Å². The maximum Gasteiger partial charge on any atom is 0.161 e. The van der Waals surface area contributed by atoms with Crippen LogP contribution in [0.2, 0.25) is 0 Å². The number of hydrogen-bond acceptors (Lipinski definition) is 4. The Bertz CT molecular complexity index is 195. The van der Waals surface area contributed by atoms with Crippen LogP contribution in [0.1, 0.15) is 34.1 Å². The van der Waals surface area contributed by atoms with Crippen molar-refractivity contribution in [2.45, 2.75) is 40.2 Å². The molecule has 0 aliphatic rings. The third-order valence-electron chi connectivity index (χ3n) is 2.58. The fourth-order valence-corrected chi connectivity index (χ4v) is 1.18. The molecule has 0 spiro atoms. The third-order valence-corrected chi connectivity index (χ3v) is 2.58. The van der Waals surface area contributed by atoms with E-state index in [-0.39, 0.29) is 18.3 Å². The molecule has 0 fully saturated rings. The molecule has 0 rings (SSSR count). The average molecular weight is 245 g/mol. The summed E-state index contributed by atoms with van der Waals surface area (Å²) in [6.07, 6.45) is 0.875. The normalized spacial score (nSPS) is 13.0. The summed E-state index contributed by atoms with van der Waals surface area (Å²) in [5.41, 5.74) is 0. The number of nitrogens with one attached hydrogen (secondary N) is 1. The quantitative estimate of drug-likeness (QED) is 0.562. The number of ketones is 1. The molecule has 1 unspecified atom stereocenters. The van der Waals surface area contributed by atoms with Gasteiger partial charge in [-0.1, -0.05) is 27.7 Å². The zero-order valence-corrected chi connectivity index (χ0v) is 11.6. The highest BCUT2D eigenvalue weighted by molar-refractivity contribution is 5.81. The Hall–Kier alpha value is -0.450. The Labute approximate surface area is 105 Å². The van der Waals surface area contributed by atoms with Gasteiger partial charge in [-0.3, -0.25) is 4.79 Å². The Kier molecular flexibility index (Phi) is 10.4. The summed E-state index contributed by atoms with van der Waals surface area (Å²) in [6.45, 7) is 10.9. The highest BCUT2D eigenvalue weighted by Crippen LogP contribution is 2.01. The minimum absolute atomic E-state index is 0.103. The van der Waals surface area contributed by atoms with Crippen LogP contribution in [-0.4, -0.2) is 44.8 Å². The molecule has 0 saturated carbocycles. The van der Waals surface area contributed by atoms with E-state index in [1.807, 2.05) is 13.8 Å². The predicted molar refractivity (Wildman–Crippen MR) is 69.2 cm³/mol. The van der Waals surface area contributed by atoms with Crippen molar-refractivity contribution in [2.24, 2.45) is 5.92 Å². The van der Waals surface area contributed by atoms with Gasteiger partial charge in [0.2, 0.25) is 0 Å². The summed E-state index contributed by atoms with van der Waals surface area (Å²) >= 11 is 0. The van der Waals surface area contributed by atoms with Gasteiger partial charge in [-0.25, -0.2) is 0 Å². The molecule has 1 atom stereocenters. The van der Waals surface area contributed by atoms with E-state index in [1.54, 1.807) is 0 Å². The Balaban J connectivity index is 3.21. The lowest BCUT2D eigenvalue weighted by Gasteiger charge is -2.10. The Morgan fingerprint density at radius 2 is 1.76 bits per heavy atom. The summed E-state index contributed by atoms with van der Waals surface area (Å²) < 4.78 is 10.6. The summed E-state index contributed by atoms with van der Waals surface area (Å²) in [5, 5.41) is 3.26. The molecule has 0 bridgehead atoms. The molecule has 4 nitrogen and oxygen atoms in total. The van der Waals surface area contributed by atoms with Crippen molar-refractivity contribution in [3.05, 3.63) is 0 Å². The van der Waals surface area contributed by atoms with E-state index in [4.69, 9.17) is 9.47 Å². The second kappa shape index (κ2) is 10.7. The maximum atomic E-state index is 11.4. The molecule has 0 aromatic heterocycles. The molecule has 17 heavy (non-hydrogen) atoms. The summed E-state index contributed by atoms with van der Waals surface area (Å²) in [7, 11) is 0. The number of Topliss-reactive ketones (excluding diaryl/α,β-unsaturated/α-hetero) is 1. The van der Waals surface area contributed by atoms with Gasteiger partial charge >= 0.3 is 0 Å². The molecule has 0 saturated heterocycles. The standard InChI is InChI=1S/C13H27NO3/c1-5-12(4)13(15)10-17-9-8-16-7-6-14-11(2)3/h11-12,14H,5-10H2,1-4H3. The van der Waals surface area contributed by atoms with E-state index < -0.39 is 0 Å². The number of rotatable bonds is 11. The maximum absolute atomic E-state index is 11.4. The molecule has 102 valence electrons. The minimum Gasteiger partial charge on any atom is -0.378 e. The van der Waals surface area contributed by atoms with Crippen molar-refractivity contribution in [1.29, 1.82) is 0 Å². The third kappa shape index (κ3) is 10.4. The van der Waals surface area contributed by atoms with E-state index in [2.05, 4.69) is 19.2 Å². The zero-order chi connectivity index (χ0) is 13.1. The lowest BCUT2D eigenvalue weighted by molar-refractivity contribution is -0.127. The first-order chi connectivity index (χ1) is 8.07. The molecular weight excluding hydrogens is 218 g/mol. The summed E-state index contributed by atoms with van der Waals surface area (Å²) in [6, 6.07) is 0.489. The van der Waals surface area contributed by atoms with Crippen LogP contribution >= 0.6 is 0 Å². The van der Waals surface area contributed by atoms with Crippen LogP contribution < -0.4 is 5.32 Å². The fraction of sp³-hybridized carbons (Fsp3) is 0.923. The first-order valence-corrected chi connectivity index (χ1v) is 6.49. The van der Waals surface area contributed by atoms with Crippen LogP contribution in [0.4, 0.5) is 0 Å². The fourth-order valence-electron chi connectivity index (χ4n) is 1.18. The molecule has 0 aromatic rings. The van der Waals surface area contributed by atoms with E-state index in [1.165, 1.54) is 0 Å². The van der Waals surface area contributed by atoms with Gasteiger partial charge in [-0.2, -0.15) is 0 Å². The minimum atomic E-state index is 0.103. The second-order valence-electron chi connectivity index (χ2n) is 4.55. The van der Waals surface area contributed by atoms with Crippen molar-refractivity contribution in [3.63, 3.8) is 0 Å². The lowest BCUT2D eigenvalue weighted by Crippen LogP contribution is -2.27. The molecule has 0 amide bonds.